The van der Waals surface area contributed by atoms with Gasteiger partial charge in [0, 0.05) is 19.4 Å². The molecule has 2 aromatic rings. The number of carbonyl (C=O) groups excluding carboxylic acids is 3. The third-order valence-corrected chi connectivity index (χ3v) is 4.06. The molecule has 2 N–H and O–H groups in total. The smallest absolute Gasteiger partial charge is 0.239 e. The highest BCUT2D eigenvalue weighted by Crippen LogP contribution is 2.12. The van der Waals surface area contributed by atoms with Crippen LogP contribution in [0.25, 0.3) is 0 Å². The number of thiophene rings is 1. The highest BCUT2D eigenvalue weighted by Gasteiger charge is 2.11. The minimum atomic E-state index is -0.301. The van der Waals surface area contributed by atoms with Crippen LogP contribution in [0, 0.1) is 0 Å². The molecule has 0 radical (unpaired) electrons. The van der Waals surface area contributed by atoms with E-state index in [1.54, 1.807) is 12.1 Å². The van der Waals surface area contributed by atoms with Gasteiger partial charge < -0.3 is 10.6 Å². The summed E-state index contributed by atoms with van der Waals surface area (Å²) in [7, 11) is 0. The quantitative estimate of drug-likeness (QED) is 0.728. The van der Waals surface area contributed by atoms with Gasteiger partial charge in [-0.15, -0.1) is 11.3 Å². The monoisotopic (exact) mass is 330 g/mol. The Morgan fingerprint density at radius 1 is 0.870 bits per heavy atom. The molecule has 2 amide bonds. The number of carbonyl (C=O) groups is 3. The number of rotatable bonds is 8. The molecule has 0 aliphatic heterocycles. The molecule has 5 nitrogen and oxygen atoms in total. The normalized spacial score (nSPS) is 10.1. The van der Waals surface area contributed by atoms with E-state index in [0.717, 1.165) is 5.56 Å². The predicted octanol–water partition coefficient (Wildman–Crippen LogP) is 2.14. The molecule has 1 heterocycles. The van der Waals surface area contributed by atoms with Crippen LogP contribution < -0.4 is 10.6 Å². The lowest BCUT2D eigenvalue weighted by Gasteiger charge is -2.07. The van der Waals surface area contributed by atoms with E-state index in [1.165, 1.54) is 11.3 Å². The average Bonchev–Trinajstić information content (AvgIpc) is 3.11. The van der Waals surface area contributed by atoms with Gasteiger partial charge in [-0.05, 0) is 17.0 Å². The van der Waals surface area contributed by atoms with Gasteiger partial charge in [-0.1, -0.05) is 36.4 Å². The molecule has 2 rings (SSSR count). The largest absolute Gasteiger partial charge is 0.350 e. The van der Waals surface area contributed by atoms with Crippen molar-refractivity contribution in [3.05, 3.63) is 58.3 Å². The Labute approximate surface area is 138 Å². The summed E-state index contributed by atoms with van der Waals surface area (Å²) in [5, 5.41) is 7.07. The van der Waals surface area contributed by atoms with Crippen molar-refractivity contribution in [3.8, 4) is 0 Å². The first-order chi connectivity index (χ1) is 11.1. The van der Waals surface area contributed by atoms with Crippen molar-refractivity contribution in [1.29, 1.82) is 0 Å². The van der Waals surface area contributed by atoms with Gasteiger partial charge >= 0.3 is 0 Å². The zero-order valence-electron chi connectivity index (χ0n) is 12.6. The molecule has 1 aromatic carbocycles. The summed E-state index contributed by atoms with van der Waals surface area (Å²) in [6.07, 6.45) is 0.237. The van der Waals surface area contributed by atoms with Crippen molar-refractivity contribution < 1.29 is 14.4 Å². The van der Waals surface area contributed by atoms with Crippen molar-refractivity contribution >= 4 is 28.9 Å². The van der Waals surface area contributed by atoms with Gasteiger partial charge in [0.1, 0.15) is 0 Å². The average molecular weight is 330 g/mol. The summed E-state index contributed by atoms with van der Waals surface area (Å²) in [5.74, 6) is -0.611. The third kappa shape index (κ3) is 6.04. The molecule has 23 heavy (non-hydrogen) atoms. The van der Waals surface area contributed by atoms with Crippen molar-refractivity contribution in [2.45, 2.75) is 19.4 Å². The lowest BCUT2D eigenvalue weighted by Crippen LogP contribution is -2.36. The van der Waals surface area contributed by atoms with Crippen molar-refractivity contribution in [3.63, 3.8) is 0 Å². The summed E-state index contributed by atoms with van der Waals surface area (Å²) in [5.41, 5.74) is 0.994. The summed E-state index contributed by atoms with van der Waals surface area (Å²) in [6.45, 7) is 0.339. The molecule has 0 spiro atoms. The van der Waals surface area contributed by atoms with Crippen LogP contribution in [-0.2, 0) is 16.1 Å². The first-order valence-electron chi connectivity index (χ1n) is 7.29. The van der Waals surface area contributed by atoms with Crippen molar-refractivity contribution in [1.82, 2.24) is 10.6 Å². The first kappa shape index (κ1) is 16.9. The number of amides is 2. The summed E-state index contributed by atoms with van der Waals surface area (Å²) >= 11 is 1.36. The molecule has 1 aromatic heterocycles. The minimum Gasteiger partial charge on any atom is -0.350 e. The van der Waals surface area contributed by atoms with E-state index in [-0.39, 0.29) is 37.0 Å². The van der Waals surface area contributed by atoms with Crippen molar-refractivity contribution in [2.24, 2.45) is 0 Å². The van der Waals surface area contributed by atoms with Crippen LogP contribution >= 0.6 is 11.3 Å². The van der Waals surface area contributed by atoms with E-state index in [1.807, 2.05) is 35.7 Å². The Morgan fingerprint density at radius 2 is 1.65 bits per heavy atom. The molecular formula is C17H18N2O3S. The number of Topliss-reactive ketones (excluding diaryl/α,β-unsaturated/α-hetero) is 1. The molecular weight excluding hydrogens is 312 g/mol. The Kier molecular flexibility index (Phi) is 6.50. The van der Waals surface area contributed by atoms with Crippen LogP contribution in [0.3, 0.4) is 0 Å². The molecule has 0 atom stereocenters. The number of ketones is 1. The third-order valence-electron chi connectivity index (χ3n) is 3.15. The Balaban J connectivity index is 1.62. The molecule has 0 aliphatic rings. The standard InChI is InChI=1S/C17H18N2O3S/c20-14(15-7-4-10-23-15)8-9-16(21)19-12-17(22)18-11-13-5-2-1-3-6-13/h1-7,10H,8-9,11-12H2,(H,18,22)(H,19,21). The summed E-state index contributed by atoms with van der Waals surface area (Å²) < 4.78 is 0. The van der Waals surface area contributed by atoms with Gasteiger partial charge in [0.05, 0.1) is 11.4 Å². The summed E-state index contributed by atoms with van der Waals surface area (Å²) in [6, 6.07) is 13.1. The van der Waals surface area contributed by atoms with Crippen LogP contribution in [0.5, 0.6) is 0 Å². The lowest BCUT2D eigenvalue weighted by molar-refractivity contribution is -0.126. The molecule has 6 heteroatoms. The number of benzene rings is 1. The fraction of sp³-hybridized carbons (Fsp3) is 0.235. The fourth-order valence-corrected chi connectivity index (χ4v) is 2.61. The maximum Gasteiger partial charge on any atom is 0.239 e. The Bertz CT molecular complexity index is 654. The van der Waals surface area contributed by atoms with Crippen molar-refractivity contribution in [2.75, 3.05) is 6.54 Å². The molecule has 0 unspecified atom stereocenters. The van der Waals surface area contributed by atoms with E-state index in [2.05, 4.69) is 10.6 Å². The van der Waals surface area contributed by atoms with E-state index >= 15 is 0 Å². The fourth-order valence-electron chi connectivity index (χ4n) is 1.91. The van der Waals surface area contributed by atoms with Crippen LogP contribution in [0.4, 0.5) is 0 Å². The van der Waals surface area contributed by atoms with E-state index in [0.29, 0.717) is 11.4 Å². The lowest BCUT2D eigenvalue weighted by atomic mass is 10.2. The van der Waals surface area contributed by atoms with E-state index in [4.69, 9.17) is 0 Å². The molecule has 0 saturated carbocycles. The second-order valence-corrected chi connectivity index (χ2v) is 5.89. The van der Waals surface area contributed by atoms with Gasteiger partial charge in [-0.3, -0.25) is 14.4 Å². The maximum absolute atomic E-state index is 11.8. The Morgan fingerprint density at radius 3 is 2.35 bits per heavy atom. The van der Waals surface area contributed by atoms with Gasteiger partial charge in [0.25, 0.3) is 0 Å². The van der Waals surface area contributed by atoms with Crippen LogP contribution in [0.2, 0.25) is 0 Å². The number of hydrogen-bond donors (Lipinski definition) is 2. The van der Waals surface area contributed by atoms with Gasteiger partial charge in [0.2, 0.25) is 11.8 Å². The van der Waals surface area contributed by atoms with Crippen LogP contribution in [-0.4, -0.2) is 24.1 Å². The summed E-state index contributed by atoms with van der Waals surface area (Å²) in [4.78, 5) is 35.7. The van der Waals surface area contributed by atoms with E-state index < -0.39 is 0 Å². The molecule has 0 bridgehead atoms. The highest BCUT2D eigenvalue weighted by molar-refractivity contribution is 7.12. The second kappa shape index (κ2) is 8.85. The molecule has 0 aliphatic carbocycles. The first-order valence-corrected chi connectivity index (χ1v) is 8.17. The maximum atomic E-state index is 11.8. The zero-order valence-corrected chi connectivity index (χ0v) is 13.4. The predicted molar refractivity (Wildman–Crippen MR) is 89.2 cm³/mol. The van der Waals surface area contributed by atoms with Gasteiger partial charge in [-0.2, -0.15) is 0 Å². The zero-order chi connectivity index (χ0) is 16.5. The SMILES string of the molecule is O=C(CCC(=O)c1cccs1)NCC(=O)NCc1ccccc1. The van der Waals surface area contributed by atoms with Gasteiger partial charge in [-0.25, -0.2) is 0 Å². The van der Waals surface area contributed by atoms with E-state index in [9.17, 15) is 14.4 Å². The Hall–Kier alpha value is -2.47. The molecule has 0 fully saturated rings. The van der Waals surface area contributed by atoms with Crippen LogP contribution in [0.15, 0.2) is 47.8 Å². The number of nitrogens with one attached hydrogen (secondary N) is 2. The van der Waals surface area contributed by atoms with Gasteiger partial charge in [0.15, 0.2) is 5.78 Å². The highest BCUT2D eigenvalue weighted by atomic mass is 32.1. The molecule has 120 valence electrons. The van der Waals surface area contributed by atoms with Crippen LogP contribution in [0.1, 0.15) is 28.1 Å². The molecule has 0 saturated heterocycles. The second-order valence-electron chi connectivity index (χ2n) is 4.94. The minimum absolute atomic E-state index is 0.0521. The topological polar surface area (TPSA) is 75.3 Å². The number of hydrogen-bond acceptors (Lipinski definition) is 4.